The zero-order valence-corrected chi connectivity index (χ0v) is 12.2. The van der Waals surface area contributed by atoms with Crippen molar-refractivity contribution < 1.29 is 9.47 Å². The Bertz CT molecular complexity index is 637. The lowest BCUT2D eigenvalue weighted by Gasteiger charge is -2.12. The third kappa shape index (κ3) is 3.62. The van der Waals surface area contributed by atoms with Crippen LogP contribution in [0.1, 0.15) is 5.82 Å². The number of hydrogen-bond acceptors (Lipinski definition) is 5. The smallest absolute Gasteiger partial charge is 0.193 e. The lowest BCUT2D eigenvalue weighted by molar-refractivity contribution is 0.405. The van der Waals surface area contributed by atoms with E-state index in [9.17, 15) is 0 Å². The fraction of sp³-hybridized carbons (Fsp3) is 0.308. The van der Waals surface area contributed by atoms with Crippen molar-refractivity contribution in [1.82, 2.24) is 14.8 Å². The van der Waals surface area contributed by atoms with Gasteiger partial charge in [0.15, 0.2) is 11.8 Å². The molecule has 1 heterocycles. The van der Waals surface area contributed by atoms with E-state index >= 15 is 0 Å². The van der Waals surface area contributed by atoms with Crippen LogP contribution in [0.2, 0.25) is 0 Å². The van der Waals surface area contributed by atoms with Crippen LogP contribution in [0.25, 0.3) is 0 Å². The fourth-order valence-electron chi connectivity index (χ4n) is 1.70. The number of rotatable bonds is 5. The lowest BCUT2D eigenvalue weighted by atomic mass is 10.2. The highest BCUT2D eigenvalue weighted by Gasteiger charge is 2.06. The molecule has 3 N–H and O–H groups in total. The Kier molecular flexibility index (Phi) is 4.60. The highest BCUT2D eigenvalue weighted by atomic mass is 16.5. The predicted octanol–water partition coefficient (Wildman–Crippen LogP) is 0.759. The number of ether oxygens (including phenoxy) is 2. The lowest BCUT2D eigenvalue weighted by Crippen LogP contribution is -2.23. The quantitative estimate of drug-likeness (QED) is 0.623. The molecule has 0 spiro atoms. The normalized spacial score (nSPS) is 11.3. The van der Waals surface area contributed by atoms with E-state index in [1.54, 1.807) is 43.3 Å². The van der Waals surface area contributed by atoms with Crippen molar-refractivity contribution in [1.29, 1.82) is 0 Å². The minimum absolute atomic E-state index is 0.254. The van der Waals surface area contributed by atoms with Gasteiger partial charge in [-0.1, -0.05) is 0 Å². The fourth-order valence-corrected chi connectivity index (χ4v) is 1.70. The molecule has 8 nitrogen and oxygen atoms in total. The molecule has 1 aromatic heterocycles. The number of hydrogen-bond donors (Lipinski definition) is 2. The summed E-state index contributed by atoms with van der Waals surface area (Å²) in [5.41, 5.74) is 6.55. The third-order valence-electron chi connectivity index (χ3n) is 2.87. The van der Waals surface area contributed by atoms with Gasteiger partial charge >= 0.3 is 0 Å². The first-order valence-electron chi connectivity index (χ1n) is 6.26. The molecule has 0 amide bonds. The maximum atomic E-state index is 5.87. The van der Waals surface area contributed by atoms with E-state index in [0.717, 1.165) is 5.82 Å². The van der Waals surface area contributed by atoms with Gasteiger partial charge in [0.05, 0.1) is 19.9 Å². The summed E-state index contributed by atoms with van der Waals surface area (Å²) in [4.78, 5) is 4.22. The Balaban J connectivity index is 2.11. The van der Waals surface area contributed by atoms with Gasteiger partial charge in [0.25, 0.3) is 0 Å². The second kappa shape index (κ2) is 6.60. The van der Waals surface area contributed by atoms with E-state index in [2.05, 4.69) is 20.5 Å². The molecule has 0 saturated carbocycles. The molecule has 2 rings (SSSR count). The zero-order chi connectivity index (χ0) is 15.2. The van der Waals surface area contributed by atoms with Gasteiger partial charge in [0.2, 0.25) is 0 Å². The van der Waals surface area contributed by atoms with Crippen molar-refractivity contribution in [2.45, 2.75) is 6.54 Å². The van der Waals surface area contributed by atoms with E-state index in [4.69, 9.17) is 15.2 Å². The number of aliphatic imine (C=N–C) groups is 1. The Morgan fingerprint density at radius 2 is 2.19 bits per heavy atom. The summed E-state index contributed by atoms with van der Waals surface area (Å²) >= 11 is 0. The summed E-state index contributed by atoms with van der Waals surface area (Å²) in [6, 6.07) is 5.37. The van der Waals surface area contributed by atoms with Crippen molar-refractivity contribution in [3.05, 3.63) is 30.4 Å². The maximum Gasteiger partial charge on any atom is 0.193 e. The van der Waals surface area contributed by atoms with Crippen LogP contribution in [0.4, 0.5) is 5.69 Å². The number of methoxy groups -OCH3 is 2. The summed E-state index contributed by atoms with van der Waals surface area (Å²) < 4.78 is 12.2. The van der Waals surface area contributed by atoms with Crippen molar-refractivity contribution in [3.8, 4) is 11.5 Å². The predicted molar refractivity (Wildman–Crippen MR) is 79.5 cm³/mol. The van der Waals surface area contributed by atoms with Crippen molar-refractivity contribution in [3.63, 3.8) is 0 Å². The molecule has 8 heteroatoms. The van der Waals surface area contributed by atoms with Gasteiger partial charge in [0.1, 0.15) is 24.4 Å². The molecule has 1 aromatic carbocycles. The van der Waals surface area contributed by atoms with Gasteiger partial charge in [-0.05, 0) is 12.1 Å². The molecular formula is C13H18N6O2. The monoisotopic (exact) mass is 290 g/mol. The van der Waals surface area contributed by atoms with Crippen molar-refractivity contribution >= 4 is 11.6 Å². The standard InChI is InChI=1S/C13H18N6O2/c1-19-8-16-18-12(19)7-15-13(14)17-10-6-9(20-2)4-5-11(10)21-3/h4-6,8H,7H2,1-3H3,(H3,14,15,17). The van der Waals surface area contributed by atoms with Gasteiger partial charge in [-0.3, -0.25) is 0 Å². The van der Waals surface area contributed by atoms with Gasteiger partial charge < -0.3 is 25.1 Å². The summed E-state index contributed by atoms with van der Waals surface area (Å²) in [7, 11) is 5.02. The number of aromatic nitrogens is 3. The Hall–Kier alpha value is -2.77. The van der Waals surface area contributed by atoms with Gasteiger partial charge in [-0.2, -0.15) is 0 Å². The van der Waals surface area contributed by atoms with Crippen LogP contribution in [0.5, 0.6) is 11.5 Å². The van der Waals surface area contributed by atoms with Crippen LogP contribution in [-0.2, 0) is 13.6 Å². The zero-order valence-electron chi connectivity index (χ0n) is 12.2. The van der Waals surface area contributed by atoms with Gasteiger partial charge in [-0.15, -0.1) is 10.2 Å². The molecule has 0 aliphatic carbocycles. The second-order valence-corrected chi connectivity index (χ2v) is 4.25. The van der Waals surface area contributed by atoms with Gasteiger partial charge in [-0.25, -0.2) is 4.99 Å². The SMILES string of the molecule is COc1ccc(OC)c(NC(N)=NCc2nncn2C)c1. The number of nitrogens with one attached hydrogen (secondary N) is 1. The Labute approximate surface area is 122 Å². The van der Waals surface area contributed by atoms with Crippen LogP contribution in [0.3, 0.4) is 0 Å². The van der Waals surface area contributed by atoms with E-state index in [-0.39, 0.29) is 5.96 Å². The van der Waals surface area contributed by atoms with Crippen LogP contribution in [0.15, 0.2) is 29.5 Å². The first kappa shape index (κ1) is 14.6. The number of aryl methyl sites for hydroxylation is 1. The highest BCUT2D eigenvalue weighted by molar-refractivity contribution is 5.93. The number of nitrogens with zero attached hydrogens (tertiary/aromatic N) is 4. The first-order valence-corrected chi connectivity index (χ1v) is 6.26. The molecule has 0 bridgehead atoms. The molecule has 2 aromatic rings. The molecule has 0 radical (unpaired) electrons. The molecule has 0 unspecified atom stereocenters. The average Bonchev–Trinajstić information content (AvgIpc) is 2.90. The molecule has 0 saturated heterocycles. The number of anilines is 1. The van der Waals surface area contributed by atoms with E-state index in [1.807, 2.05) is 7.05 Å². The summed E-state index contributed by atoms with van der Waals surface area (Å²) in [5, 5.41) is 10.7. The first-order chi connectivity index (χ1) is 10.1. The minimum Gasteiger partial charge on any atom is -0.497 e. The summed E-state index contributed by atoms with van der Waals surface area (Å²) in [5.74, 6) is 2.31. The molecule has 0 aliphatic heterocycles. The number of guanidine groups is 1. The van der Waals surface area contributed by atoms with E-state index in [0.29, 0.717) is 23.7 Å². The van der Waals surface area contributed by atoms with Crippen LogP contribution in [-0.4, -0.2) is 34.9 Å². The topological polar surface area (TPSA) is 99.6 Å². The molecule has 0 atom stereocenters. The van der Waals surface area contributed by atoms with Crippen LogP contribution < -0.4 is 20.5 Å². The highest BCUT2D eigenvalue weighted by Crippen LogP contribution is 2.28. The minimum atomic E-state index is 0.254. The Morgan fingerprint density at radius 1 is 1.38 bits per heavy atom. The van der Waals surface area contributed by atoms with E-state index in [1.165, 1.54) is 0 Å². The van der Waals surface area contributed by atoms with E-state index < -0.39 is 0 Å². The molecular weight excluding hydrogens is 272 g/mol. The molecule has 112 valence electrons. The Morgan fingerprint density at radius 3 is 2.81 bits per heavy atom. The van der Waals surface area contributed by atoms with Crippen LogP contribution >= 0.6 is 0 Å². The molecule has 0 fully saturated rings. The maximum absolute atomic E-state index is 5.87. The number of nitrogens with two attached hydrogens (primary N) is 1. The van der Waals surface area contributed by atoms with Crippen molar-refractivity contribution in [2.24, 2.45) is 17.8 Å². The largest absolute Gasteiger partial charge is 0.497 e. The third-order valence-corrected chi connectivity index (χ3v) is 2.87. The van der Waals surface area contributed by atoms with Crippen molar-refractivity contribution in [2.75, 3.05) is 19.5 Å². The number of benzene rings is 1. The van der Waals surface area contributed by atoms with Crippen LogP contribution in [0, 0.1) is 0 Å². The van der Waals surface area contributed by atoms with Gasteiger partial charge in [0, 0.05) is 13.1 Å². The second-order valence-electron chi connectivity index (χ2n) is 4.25. The average molecular weight is 290 g/mol. The molecule has 21 heavy (non-hydrogen) atoms. The summed E-state index contributed by atoms with van der Waals surface area (Å²) in [6.45, 7) is 0.335. The molecule has 0 aliphatic rings. The summed E-state index contributed by atoms with van der Waals surface area (Å²) in [6.07, 6.45) is 1.61.